The fourth-order valence-electron chi connectivity index (χ4n) is 7.79. The maximum absolute atomic E-state index is 15.0. The largest absolute Gasteiger partial charge is 0.268 e. The lowest BCUT2D eigenvalue weighted by Gasteiger charge is -2.18. The molecule has 4 heterocycles. The summed E-state index contributed by atoms with van der Waals surface area (Å²) in [6, 6.07) is 24.7. The highest BCUT2D eigenvalue weighted by atomic mass is 19.1. The van der Waals surface area contributed by atoms with Gasteiger partial charge in [0.05, 0.1) is 11.0 Å². The molecule has 0 saturated carbocycles. The van der Waals surface area contributed by atoms with E-state index in [2.05, 4.69) is 0 Å². The van der Waals surface area contributed by atoms with E-state index < -0.39 is 11.6 Å². The zero-order valence-corrected chi connectivity index (χ0v) is 22.4. The molecule has 0 radical (unpaired) electrons. The number of hydrogen-bond acceptors (Lipinski definition) is 4. The molecule has 7 aromatic carbocycles. The number of hydrogen-bond donors (Lipinski definition) is 0. The number of rotatable bonds is 0. The Labute approximate surface area is 242 Å². The molecule has 0 bridgehead atoms. The fraction of sp³-hybridized carbons (Fsp3) is 0. The topological polar surface area (TPSA) is 68.7 Å². The molecule has 0 atom stereocenters. The maximum Gasteiger partial charge on any atom is 0.264 e. The third kappa shape index (κ3) is 2.31. The molecule has 0 aliphatic rings. The van der Waals surface area contributed by atoms with Crippen LogP contribution in [0.5, 0.6) is 0 Å². The Balaban J connectivity index is 1.39. The highest BCUT2D eigenvalue weighted by Crippen LogP contribution is 2.45. The van der Waals surface area contributed by atoms with E-state index in [1.807, 2.05) is 36.4 Å². The van der Waals surface area contributed by atoms with Crippen molar-refractivity contribution in [1.82, 2.24) is 18.8 Å². The summed E-state index contributed by atoms with van der Waals surface area (Å²) in [7, 11) is 0. The van der Waals surface area contributed by atoms with Gasteiger partial charge in [0.1, 0.15) is 34.0 Å². The SMILES string of the molecule is O=c1c2ccc3c4ccc5c(=O)n6c(nc7cccc(F)c76)c6ccc(c7ccc(c2c37)c2nc3cccc(F)c3n12)c4c56. The minimum absolute atomic E-state index is 0.173. The second kappa shape index (κ2) is 7.12. The Hall–Kier alpha value is -6.02. The normalized spacial score (nSPS) is 13.0. The van der Waals surface area contributed by atoms with Gasteiger partial charge in [0.25, 0.3) is 11.1 Å². The summed E-state index contributed by atoms with van der Waals surface area (Å²) in [4.78, 5) is 37.3. The van der Waals surface area contributed by atoms with E-state index in [4.69, 9.17) is 9.97 Å². The second-order valence-corrected chi connectivity index (χ2v) is 11.5. The maximum atomic E-state index is 15.0. The minimum atomic E-state index is -0.497. The molecule has 0 N–H and O–H groups in total. The first-order valence-electron chi connectivity index (χ1n) is 14.2. The Morgan fingerprint density at radius 3 is 1.18 bits per heavy atom. The van der Waals surface area contributed by atoms with Crippen molar-refractivity contribution in [3.8, 4) is 0 Å². The van der Waals surface area contributed by atoms with Crippen molar-refractivity contribution >= 4 is 98.0 Å². The molecule has 0 saturated heterocycles. The first-order chi connectivity index (χ1) is 21.5. The van der Waals surface area contributed by atoms with Crippen molar-refractivity contribution in [2.45, 2.75) is 0 Å². The van der Waals surface area contributed by atoms with Gasteiger partial charge in [-0.25, -0.2) is 18.7 Å². The van der Waals surface area contributed by atoms with Gasteiger partial charge in [0.2, 0.25) is 0 Å². The minimum Gasteiger partial charge on any atom is -0.268 e. The quantitative estimate of drug-likeness (QED) is 0.139. The molecule has 0 aliphatic carbocycles. The van der Waals surface area contributed by atoms with Gasteiger partial charge < -0.3 is 0 Å². The van der Waals surface area contributed by atoms with Crippen LogP contribution in [0.4, 0.5) is 8.78 Å². The van der Waals surface area contributed by atoms with Crippen LogP contribution in [-0.2, 0) is 0 Å². The van der Waals surface area contributed by atoms with Crippen LogP contribution in [0, 0.1) is 11.6 Å². The lowest BCUT2D eigenvalue weighted by molar-refractivity contribution is 0.635. The number of fused-ring (bicyclic) bond motifs is 10. The number of imidazole rings is 2. The van der Waals surface area contributed by atoms with E-state index in [1.54, 1.807) is 36.4 Å². The average molecular weight is 573 g/mol. The van der Waals surface area contributed by atoms with Gasteiger partial charge in [-0.3, -0.25) is 18.4 Å². The summed E-state index contributed by atoms with van der Waals surface area (Å²) in [5.41, 5.74) is 1.38. The van der Waals surface area contributed by atoms with Gasteiger partial charge in [-0.1, -0.05) is 36.4 Å². The van der Waals surface area contributed by atoms with E-state index in [-0.39, 0.29) is 22.2 Å². The molecule has 11 rings (SSSR count). The Morgan fingerprint density at radius 1 is 0.432 bits per heavy atom. The third-order valence-electron chi connectivity index (χ3n) is 9.51. The van der Waals surface area contributed by atoms with Crippen LogP contribution in [0.25, 0.3) is 98.0 Å². The smallest absolute Gasteiger partial charge is 0.264 e. The molecule has 0 amide bonds. The summed E-state index contributed by atoms with van der Waals surface area (Å²) in [6.07, 6.45) is 0. The first kappa shape index (κ1) is 22.6. The highest BCUT2D eigenvalue weighted by Gasteiger charge is 2.24. The Bertz CT molecular complexity index is 3000. The van der Waals surface area contributed by atoms with Gasteiger partial charge in [-0.05, 0) is 80.8 Å². The fourth-order valence-corrected chi connectivity index (χ4v) is 7.79. The van der Waals surface area contributed by atoms with E-state index in [0.29, 0.717) is 33.1 Å². The number of aromatic nitrogens is 4. The van der Waals surface area contributed by atoms with Crippen molar-refractivity contribution in [2.24, 2.45) is 0 Å². The lowest BCUT2D eigenvalue weighted by Crippen LogP contribution is -2.14. The molecule has 44 heavy (non-hydrogen) atoms. The zero-order chi connectivity index (χ0) is 29.2. The molecule has 8 heteroatoms. The molecule has 6 nitrogen and oxygen atoms in total. The number of halogens is 2. The molecular weight excluding hydrogens is 558 g/mol. The van der Waals surface area contributed by atoms with E-state index >= 15 is 0 Å². The third-order valence-corrected chi connectivity index (χ3v) is 9.51. The summed E-state index contributed by atoms with van der Waals surface area (Å²) < 4.78 is 32.7. The van der Waals surface area contributed by atoms with Crippen molar-refractivity contribution in [3.05, 3.63) is 117 Å². The number of nitrogens with zero attached hydrogens (tertiary/aromatic N) is 4. The predicted octanol–water partition coefficient (Wildman–Crippen LogP) is 7.52. The summed E-state index contributed by atoms with van der Waals surface area (Å²) in [5, 5.41) is 9.59. The van der Waals surface area contributed by atoms with Crippen LogP contribution < -0.4 is 11.1 Å². The van der Waals surface area contributed by atoms with Crippen LogP contribution >= 0.6 is 0 Å². The van der Waals surface area contributed by atoms with Crippen LogP contribution in [0.1, 0.15) is 0 Å². The molecular formula is C36H14F2N4O2. The molecule has 0 unspecified atom stereocenters. The number of para-hydroxylation sites is 2. The Kier molecular flexibility index (Phi) is 3.65. The van der Waals surface area contributed by atoms with Gasteiger partial charge >= 0.3 is 0 Å². The molecule has 11 aromatic rings. The highest BCUT2D eigenvalue weighted by molar-refractivity contribution is 6.40. The molecule has 204 valence electrons. The molecule has 0 aliphatic heterocycles. The van der Waals surface area contributed by atoms with Crippen LogP contribution in [0.15, 0.2) is 94.5 Å². The van der Waals surface area contributed by atoms with Crippen molar-refractivity contribution in [3.63, 3.8) is 0 Å². The molecule has 0 spiro atoms. The average Bonchev–Trinajstić information content (AvgIpc) is 3.63. The lowest BCUT2D eigenvalue weighted by atomic mass is 9.86. The summed E-state index contributed by atoms with van der Waals surface area (Å²) >= 11 is 0. The number of pyridine rings is 2. The van der Waals surface area contributed by atoms with E-state index in [0.717, 1.165) is 53.9 Å². The first-order valence-corrected chi connectivity index (χ1v) is 14.2. The zero-order valence-electron chi connectivity index (χ0n) is 22.4. The molecule has 0 fully saturated rings. The van der Waals surface area contributed by atoms with Crippen LogP contribution in [0.3, 0.4) is 0 Å². The summed E-state index contributed by atoms with van der Waals surface area (Å²) in [5.74, 6) is -0.994. The Morgan fingerprint density at radius 2 is 0.773 bits per heavy atom. The van der Waals surface area contributed by atoms with E-state index in [1.165, 1.54) is 20.9 Å². The van der Waals surface area contributed by atoms with Gasteiger partial charge in [0.15, 0.2) is 0 Å². The van der Waals surface area contributed by atoms with Gasteiger partial charge in [0, 0.05) is 32.3 Å². The van der Waals surface area contributed by atoms with Gasteiger partial charge in [-0.2, -0.15) is 0 Å². The monoisotopic (exact) mass is 572 g/mol. The van der Waals surface area contributed by atoms with Crippen molar-refractivity contribution in [1.29, 1.82) is 0 Å². The second-order valence-electron chi connectivity index (χ2n) is 11.5. The molecule has 4 aromatic heterocycles. The summed E-state index contributed by atoms with van der Waals surface area (Å²) in [6.45, 7) is 0. The van der Waals surface area contributed by atoms with Crippen molar-refractivity contribution < 1.29 is 8.78 Å². The van der Waals surface area contributed by atoms with Gasteiger partial charge in [-0.15, -0.1) is 0 Å². The van der Waals surface area contributed by atoms with Crippen LogP contribution in [0.2, 0.25) is 0 Å². The van der Waals surface area contributed by atoms with Crippen molar-refractivity contribution in [2.75, 3.05) is 0 Å². The number of benzene rings is 7. The standard InChI is InChI=1S/C36H14F2N4O2/c37-23-3-1-5-25-31(23)41-33(39-25)19-11-7-15-16-8-12-20-30-22(36(44)42-32-24(38)4-2-6-26(32)40-34(20)42)14-10-18(28(16)30)17-9-13-21(35(41)43)29(19)27(15)17/h1-14H. The predicted molar refractivity (Wildman–Crippen MR) is 170 cm³/mol. The van der Waals surface area contributed by atoms with Crippen LogP contribution in [-0.4, -0.2) is 18.8 Å². The van der Waals surface area contributed by atoms with E-state index in [9.17, 15) is 18.4 Å².